The fourth-order valence-electron chi connectivity index (χ4n) is 1.38. The Morgan fingerprint density at radius 3 is 2.13 bits per heavy atom. The molecule has 0 atom stereocenters. The molecule has 0 N–H and O–H groups in total. The molecule has 0 aromatic heterocycles. The van der Waals surface area contributed by atoms with E-state index in [9.17, 15) is 0 Å². The third-order valence-electron chi connectivity index (χ3n) is 2.30. The zero-order valence-corrected chi connectivity index (χ0v) is 13.9. The summed E-state index contributed by atoms with van der Waals surface area (Å²) >= 11 is 0. The maximum Gasteiger partial charge on any atom is 0.351 e. The second kappa shape index (κ2) is 5.31. The molecule has 2 rings (SSSR count). The normalized spacial score (nSPS) is 32.9. The lowest BCUT2D eigenvalue weighted by Gasteiger charge is -2.29. The van der Waals surface area contributed by atoms with Crippen molar-refractivity contribution < 1.29 is 16.5 Å². The SMILES string of the molecule is C[Si]1(c2ccccc2)O[SiH2]O[SiH2]O[SiH2]O1. The highest BCUT2D eigenvalue weighted by Crippen LogP contribution is 2.08. The van der Waals surface area contributed by atoms with Crippen molar-refractivity contribution in [2.24, 2.45) is 0 Å². The van der Waals surface area contributed by atoms with Gasteiger partial charge in [-0.1, -0.05) is 30.3 Å². The zero-order valence-electron chi connectivity index (χ0n) is 8.64. The molecule has 0 amide bonds. The molecule has 1 aromatic carbocycles. The van der Waals surface area contributed by atoms with E-state index in [2.05, 4.69) is 18.7 Å². The minimum Gasteiger partial charge on any atom is -0.425 e. The van der Waals surface area contributed by atoms with Crippen molar-refractivity contribution in [3.8, 4) is 0 Å². The van der Waals surface area contributed by atoms with Crippen LogP contribution in [0, 0.1) is 0 Å². The highest BCUT2D eigenvalue weighted by Gasteiger charge is 2.34. The Balaban J connectivity index is 2.15. The maximum atomic E-state index is 5.88. The summed E-state index contributed by atoms with van der Waals surface area (Å²) in [5, 5.41) is 1.17. The third-order valence-corrected chi connectivity index (χ3v) is 11.7. The Bertz CT molecular complexity index is 301. The molecule has 0 saturated carbocycles. The van der Waals surface area contributed by atoms with E-state index in [4.69, 9.17) is 16.5 Å². The first-order chi connectivity index (χ1) is 7.31. The highest BCUT2D eigenvalue weighted by atomic mass is 28.5. The summed E-state index contributed by atoms with van der Waals surface area (Å²) < 4.78 is 22.6. The predicted molar refractivity (Wildman–Crippen MR) is 67.7 cm³/mol. The van der Waals surface area contributed by atoms with Crippen LogP contribution in [0.15, 0.2) is 30.3 Å². The minimum atomic E-state index is -2.20. The van der Waals surface area contributed by atoms with Gasteiger partial charge in [-0.2, -0.15) is 0 Å². The van der Waals surface area contributed by atoms with Crippen molar-refractivity contribution in [1.29, 1.82) is 0 Å². The average molecular weight is 275 g/mol. The zero-order chi connectivity index (χ0) is 10.6. The molecule has 4 nitrogen and oxygen atoms in total. The average Bonchev–Trinajstić information content (AvgIpc) is 2.25. The number of hydrogen-bond acceptors (Lipinski definition) is 4. The lowest BCUT2D eigenvalue weighted by atomic mass is 10.4. The van der Waals surface area contributed by atoms with Crippen LogP contribution in [-0.4, -0.2) is 38.6 Å². The van der Waals surface area contributed by atoms with Crippen molar-refractivity contribution in [1.82, 2.24) is 0 Å². The van der Waals surface area contributed by atoms with Gasteiger partial charge in [-0.05, 0) is 11.7 Å². The molecule has 1 aliphatic heterocycles. The Morgan fingerprint density at radius 1 is 0.933 bits per heavy atom. The Hall–Kier alpha value is -0.0725. The van der Waals surface area contributed by atoms with Gasteiger partial charge in [0.15, 0.2) is 0 Å². The molecule has 1 aromatic rings. The fourth-order valence-corrected chi connectivity index (χ4v) is 10.6. The number of hydrogen-bond donors (Lipinski definition) is 0. The Kier molecular flexibility index (Phi) is 4.04. The van der Waals surface area contributed by atoms with E-state index in [1.54, 1.807) is 0 Å². The quantitative estimate of drug-likeness (QED) is 0.558. The molecule has 0 aliphatic carbocycles. The van der Waals surface area contributed by atoms with Crippen LogP contribution >= 0.6 is 0 Å². The van der Waals surface area contributed by atoms with E-state index in [0.717, 1.165) is 0 Å². The molecule has 82 valence electrons. The second-order valence-corrected chi connectivity index (χ2v) is 12.1. The number of rotatable bonds is 1. The molecule has 1 fully saturated rings. The first-order valence-electron chi connectivity index (χ1n) is 4.80. The summed E-state index contributed by atoms with van der Waals surface area (Å²) in [7, 11) is -4.78. The minimum absolute atomic E-state index is 0.781. The molecule has 15 heavy (non-hydrogen) atoms. The summed E-state index contributed by atoms with van der Waals surface area (Å²) in [5.74, 6) is 0. The molecule has 0 spiro atoms. The van der Waals surface area contributed by atoms with Gasteiger partial charge in [0.2, 0.25) is 0 Å². The molecule has 0 bridgehead atoms. The van der Waals surface area contributed by atoms with Crippen molar-refractivity contribution in [3.63, 3.8) is 0 Å². The Labute approximate surface area is 97.3 Å². The van der Waals surface area contributed by atoms with Crippen molar-refractivity contribution in [2.75, 3.05) is 0 Å². The highest BCUT2D eigenvalue weighted by molar-refractivity contribution is 6.85. The number of benzene rings is 1. The summed E-state index contributed by atoms with van der Waals surface area (Å²) in [4.78, 5) is 0. The van der Waals surface area contributed by atoms with E-state index in [-0.39, 0.29) is 0 Å². The standard InChI is InChI=1S/C7H14O4Si4/c1-15(7-5-3-2-4-6-7)10-13-8-12-9-14-11-15/h2-6H,12-14H2,1H3. The van der Waals surface area contributed by atoms with Crippen molar-refractivity contribution in [2.45, 2.75) is 6.55 Å². The molecule has 8 heteroatoms. The van der Waals surface area contributed by atoms with Gasteiger partial charge < -0.3 is 16.5 Å². The van der Waals surface area contributed by atoms with Crippen LogP contribution in [0.25, 0.3) is 0 Å². The van der Waals surface area contributed by atoms with Gasteiger partial charge in [-0.3, -0.25) is 0 Å². The van der Waals surface area contributed by atoms with Crippen LogP contribution in [0.1, 0.15) is 0 Å². The van der Waals surface area contributed by atoms with Crippen LogP contribution < -0.4 is 5.19 Å². The van der Waals surface area contributed by atoms with Gasteiger partial charge in [0.05, 0.1) is 0 Å². The smallest absolute Gasteiger partial charge is 0.351 e. The first-order valence-corrected chi connectivity index (χ1v) is 10.6. The van der Waals surface area contributed by atoms with Crippen molar-refractivity contribution >= 4 is 43.8 Å². The predicted octanol–water partition coefficient (Wildman–Crippen LogP) is -1.96. The summed E-state index contributed by atoms with van der Waals surface area (Å²) in [5.41, 5.74) is 0. The van der Waals surface area contributed by atoms with Crippen molar-refractivity contribution in [3.05, 3.63) is 30.3 Å². The molecular weight excluding hydrogens is 260 g/mol. The molecule has 1 aliphatic rings. The van der Waals surface area contributed by atoms with Gasteiger partial charge in [-0.15, -0.1) is 0 Å². The Morgan fingerprint density at radius 2 is 1.53 bits per heavy atom. The van der Waals surface area contributed by atoms with Gasteiger partial charge in [-0.25, -0.2) is 0 Å². The molecule has 0 radical (unpaired) electrons. The summed E-state index contributed by atoms with van der Waals surface area (Å²) in [6.07, 6.45) is 0. The monoisotopic (exact) mass is 274 g/mol. The fraction of sp³-hybridized carbons (Fsp3) is 0.143. The largest absolute Gasteiger partial charge is 0.425 e. The van der Waals surface area contributed by atoms with Crippen LogP contribution in [0.5, 0.6) is 0 Å². The van der Waals surface area contributed by atoms with Gasteiger partial charge in [0, 0.05) is 0 Å². The summed E-state index contributed by atoms with van der Waals surface area (Å²) in [6.45, 7) is 2.07. The lowest BCUT2D eigenvalue weighted by molar-refractivity contribution is 0.320. The first kappa shape index (κ1) is 11.4. The summed E-state index contributed by atoms with van der Waals surface area (Å²) in [6, 6.07) is 10.2. The third kappa shape index (κ3) is 2.95. The molecule has 0 unspecified atom stereocenters. The van der Waals surface area contributed by atoms with Crippen LogP contribution in [0.2, 0.25) is 6.55 Å². The van der Waals surface area contributed by atoms with Gasteiger partial charge >= 0.3 is 8.56 Å². The van der Waals surface area contributed by atoms with Crippen LogP contribution in [0.4, 0.5) is 0 Å². The van der Waals surface area contributed by atoms with E-state index in [1.807, 2.05) is 18.2 Å². The van der Waals surface area contributed by atoms with Crippen LogP contribution in [-0.2, 0) is 16.5 Å². The van der Waals surface area contributed by atoms with E-state index in [0.29, 0.717) is 0 Å². The van der Waals surface area contributed by atoms with E-state index in [1.165, 1.54) is 5.19 Å². The maximum absolute atomic E-state index is 5.88. The lowest BCUT2D eigenvalue weighted by Crippen LogP contribution is -2.54. The van der Waals surface area contributed by atoms with Crippen LogP contribution in [0.3, 0.4) is 0 Å². The van der Waals surface area contributed by atoms with E-state index >= 15 is 0 Å². The molecule has 1 saturated heterocycles. The van der Waals surface area contributed by atoms with Gasteiger partial charge in [0.1, 0.15) is 0 Å². The topological polar surface area (TPSA) is 36.9 Å². The van der Waals surface area contributed by atoms with Gasteiger partial charge in [0.25, 0.3) is 30.0 Å². The second-order valence-electron chi connectivity index (χ2n) is 3.36. The van der Waals surface area contributed by atoms with E-state index < -0.39 is 38.6 Å². The molecule has 1 heterocycles. The molecular formula is C7H14O4Si4.